The maximum Gasteiger partial charge on any atom is 0.231 e. The minimum atomic E-state index is -0.350. The lowest BCUT2D eigenvalue weighted by Crippen LogP contribution is -2.43. The van der Waals surface area contributed by atoms with Crippen LogP contribution in [0.15, 0.2) is 0 Å². The van der Waals surface area contributed by atoms with E-state index in [1.54, 1.807) is 0 Å². The summed E-state index contributed by atoms with van der Waals surface area (Å²) in [7, 11) is 0. The second-order valence-corrected chi connectivity index (χ2v) is 4.88. The third-order valence-corrected chi connectivity index (χ3v) is 3.30. The predicted octanol–water partition coefficient (Wildman–Crippen LogP) is 1.16. The molecule has 1 saturated heterocycles. The minimum Gasteiger partial charge on any atom is -0.391 e. The van der Waals surface area contributed by atoms with Crippen LogP contribution in [0.4, 0.5) is 11.9 Å². The van der Waals surface area contributed by atoms with Gasteiger partial charge in [0.15, 0.2) is 0 Å². The molecule has 2 unspecified atom stereocenters. The molecule has 1 aliphatic heterocycles. The van der Waals surface area contributed by atoms with Crippen LogP contribution in [0.3, 0.4) is 0 Å². The second-order valence-electron chi connectivity index (χ2n) is 4.54. The molecule has 2 rings (SSSR count). The van der Waals surface area contributed by atoms with Crippen LogP contribution in [0.2, 0.25) is 5.28 Å². The molecule has 1 aromatic heterocycles. The van der Waals surface area contributed by atoms with Gasteiger partial charge in [0.1, 0.15) is 0 Å². The standard InChI is InChI=1S/C11H18ClN5O/c1-3-13-10-14-9(12)15-11(16-10)17-5-4-7(2)8(18)6-17/h7-8,18H,3-6H2,1-2H3,(H,13,14,15,16). The first-order valence-corrected chi connectivity index (χ1v) is 6.56. The van der Waals surface area contributed by atoms with E-state index in [2.05, 4.69) is 20.3 Å². The van der Waals surface area contributed by atoms with E-state index in [0.717, 1.165) is 19.5 Å². The minimum absolute atomic E-state index is 0.170. The highest BCUT2D eigenvalue weighted by atomic mass is 35.5. The highest BCUT2D eigenvalue weighted by Gasteiger charge is 2.26. The lowest BCUT2D eigenvalue weighted by atomic mass is 9.96. The van der Waals surface area contributed by atoms with Gasteiger partial charge in [-0.25, -0.2) is 0 Å². The first kappa shape index (κ1) is 13.3. The lowest BCUT2D eigenvalue weighted by Gasteiger charge is -2.34. The van der Waals surface area contributed by atoms with Crippen molar-refractivity contribution in [3.8, 4) is 0 Å². The Morgan fingerprint density at radius 3 is 2.89 bits per heavy atom. The normalized spacial score (nSPS) is 24.1. The van der Waals surface area contributed by atoms with Crippen molar-refractivity contribution in [1.82, 2.24) is 15.0 Å². The zero-order valence-corrected chi connectivity index (χ0v) is 11.4. The molecule has 0 amide bonds. The molecule has 0 saturated carbocycles. The second kappa shape index (κ2) is 5.67. The SMILES string of the molecule is CCNc1nc(Cl)nc(N2CCC(C)C(O)C2)n1. The first-order valence-electron chi connectivity index (χ1n) is 6.18. The number of aromatic nitrogens is 3. The Bertz CT molecular complexity index is 416. The molecule has 2 N–H and O–H groups in total. The van der Waals surface area contributed by atoms with E-state index in [4.69, 9.17) is 11.6 Å². The van der Waals surface area contributed by atoms with Crippen molar-refractivity contribution >= 4 is 23.5 Å². The molecule has 2 atom stereocenters. The molecule has 1 aliphatic rings. The molecule has 2 heterocycles. The average Bonchev–Trinajstić information content (AvgIpc) is 2.32. The van der Waals surface area contributed by atoms with Gasteiger partial charge >= 0.3 is 0 Å². The fraction of sp³-hybridized carbons (Fsp3) is 0.727. The van der Waals surface area contributed by atoms with E-state index in [9.17, 15) is 5.11 Å². The van der Waals surface area contributed by atoms with Gasteiger partial charge in [-0.1, -0.05) is 6.92 Å². The zero-order valence-electron chi connectivity index (χ0n) is 10.6. The Morgan fingerprint density at radius 2 is 2.22 bits per heavy atom. The Labute approximate surface area is 111 Å². The highest BCUT2D eigenvalue weighted by Crippen LogP contribution is 2.22. The summed E-state index contributed by atoms with van der Waals surface area (Å²) in [5.41, 5.74) is 0. The van der Waals surface area contributed by atoms with Crippen molar-refractivity contribution in [2.75, 3.05) is 29.9 Å². The van der Waals surface area contributed by atoms with Gasteiger partial charge in [-0.3, -0.25) is 0 Å². The summed E-state index contributed by atoms with van der Waals surface area (Å²) in [6.07, 6.45) is 0.568. The quantitative estimate of drug-likeness (QED) is 0.860. The molecule has 18 heavy (non-hydrogen) atoms. The summed E-state index contributed by atoms with van der Waals surface area (Å²) in [5, 5.41) is 13.1. The summed E-state index contributed by atoms with van der Waals surface area (Å²) < 4.78 is 0. The van der Waals surface area contributed by atoms with Gasteiger partial charge in [-0.2, -0.15) is 15.0 Å². The summed E-state index contributed by atoms with van der Waals surface area (Å²) in [6.45, 7) is 6.09. The van der Waals surface area contributed by atoms with Gasteiger partial charge in [-0.15, -0.1) is 0 Å². The molecule has 0 spiro atoms. The van der Waals surface area contributed by atoms with Crippen molar-refractivity contribution < 1.29 is 5.11 Å². The zero-order chi connectivity index (χ0) is 13.1. The number of hydrogen-bond acceptors (Lipinski definition) is 6. The van der Waals surface area contributed by atoms with Gasteiger partial charge < -0.3 is 15.3 Å². The van der Waals surface area contributed by atoms with E-state index in [1.807, 2.05) is 18.7 Å². The van der Waals surface area contributed by atoms with Crippen molar-refractivity contribution in [2.45, 2.75) is 26.4 Å². The fourth-order valence-electron chi connectivity index (χ4n) is 1.95. The molecule has 0 aliphatic carbocycles. The van der Waals surface area contributed by atoms with Crippen LogP contribution >= 0.6 is 11.6 Å². The number of aliphatic hydroxyl groups is 1. The average molecular weight is 272 g/mol. The number of rotatable bonds is 3. The summed E-state index contributed by atoms with van der Waals surface area (Å²) in [5.74, 6) is 1.31. The third-order valence-electron chi connectivity index (χ3n) is 3.13. The number of hydrogen-bond donors (Lipinski definition) is 2. The van der Waals surface area contributed by atoms with E-state index in [0.29, 0.717) is 24.4 Å². The Kier molecular flexibility index (Phi) is 4.19. The molecule has 1 aromatic rings. The third kappa shape index (κ3) is 3.00. The van der Waals surface area contributed by atoms with Crippen molar-refractivity contribution in [3.63, 3.8) is 0 Å². The maximum absolute atomic E-state index is 9.89. The van der Waals surface area contributed by atoms with Crippen molar-refractivity contribution in [3.05, 3.63) is 5.28 Å². The molecule has 0 bridgehead atoms. The van der Waals surface area contributed by atoms with Gasteiger partial charge in [-0.05, 0) is 30.9 Å². The van der Waals surface area contributed by atoms with Crippen LogP contribution in [0.25, 0.3) is 0 Å². The van der Waals surface area contributed by atoms with E-state index < -0.39 is 0 Å². The molecular formula is C11H18ClN5O. The van der Waals surface area contributed by atoms with Crippen LogP contribution in [-0.4, -0.2) is 45.8 Å². The molecule has 1 fully saturated rings. The number of β-amino-alcohol motifs (C(OH)–C–C–N with tert-alkyl or cyclic N) is 1. The van der Waals surface area contributed by atoms with Crippen LogP contribution < -0.4 is 10.2 Å². The molecule has 6 nitrogen and oxygen atoms in total. The van der Waals surface area contributed by atoms with Gasteiger partial charge in [0, 0.05) is 19.6 Å². The Balaban J connectivity index is 2.17. The van der Waals surface area contributed by atoms with Crippen LogP contribution in [-0.2, 0) is 0 Å². The van der Waals surface area contributed by atoms with Gasteiger partial charge in [0.25, 0.3) is 0 Å². The van der Waals surface area contributed by atoms with E-state index in [1.165, 1.54) is 0 Å². The topological polar surface area (TPSA) is 74.2 Å². The summed E-state index contributed by atoms with van der Waals surface area (Å²) >= 11 is 5.88. The molecule has 7 heteroatoms. The van der Waals surface area contributed by atoms with Crippen molar-refractivity contribution in [1.29, 1.82) is 0 Å². The Hall–Kier alpha value is -1.14. The predicted molar refractivity (Wildman–Crippen MR) is 71.0 cm³/mol. The fourth-order valence-corrected chi connectivity index (χ4v) is 2.10. The summed E-state index contributed by atoms with van der Waals surface area (Å²) in [4.78, 5) is 14.4. The highest BCUT2D eigenvalue weighted by molar-refractivity contribution is 6.28. The van der Waals surface area contributed by atoms with Crippen LogP contribution in [0.1, 0.15) is 20.3 Å². The van der Waals surface area contributed by atoms with E-state index >= 15 is 0 Å². The number of piperidine rings is 1. The maximum atomic E-state index is 9.89. The Morgan fingerprint density at radius 1 is 1.44 bits per heavy atom. The molecule has 0 aromatic carbocycles. The van der Waals surface area contributed by atoms with Gasteiger partial charge in [0.05, 0.1) is 6.10 Å². The number of anilines is 2. The summed E-state index contributed by atoms with van der Waals surface area (Å²) in [6, 6.07) is 0. The number of halogens is 1. The monoisotopic (exact) mass is 271 g/mol. The first-order chi connectivity index (χ1) is 8.60. The number of nitrogens with zero attached hydrogens (tertiary/aromatic N) is 4. The number of nitrogens with one attached hydrogen (secondary N) is 1. The molecule has 0 radical (unpaired) electrons. The number of aliphatic hydroxyl groups excluding tert-OH is 1. The smallest absolute Gasteiger partial charge is 0.231 e. The van der Waals surface area contributed by atoms with Crippen LogP contribution in [0.5, 0.6) is 0 Å². The van der Waals surface area contributed by atoms with Crippen LogP contribution in [0, 0.1) is 5.92 Å². The largest absolute Gasteiger partial charge is 0.391 e. The lowest BCUT2D eigenvalue weighted by molar-refractivity contribution is 0.102. The molecule has 100 valence electrons. The molecular weight excluding hydrogens is 254 g/mol. The van der Waals surface area contributed by atoms with Gasteiger partial charge in [0.2, 0.25) is 17.2 Å². The van der Waals surface area contributed by atoms with Crippen molar-refractivity contribution in [2.24, 2.45) is 5.92 Å². The van der Waals surface area contributed by atoms with E-state index in [-0.39, 0.29) is 11.4 Å².